The van der Waals surface area contributed by atoms with Gasteiger partial charge in [-0.05, 0) is 25.9 Å². The predicted molar refractivity (Wildman–Crippen MR) is 38.0 cm³/mol. The van der Waals surface area contributed by atoms with Gasteiger partial charge in [0.25, 0.3) is 0 Å². The minimum atomic E-state index is 0.764. The summed E-state index contributed by atoms with van der Waals surface area (Å²) in [5.74, 6) is 0. The van der Waals surface area contributed by atoms with Crippen molar-refractivity contribution in [3.05, 3.63) is 5.21 Å². The van der Waals surface area contributed by atoms with Crippen molar-refractivity contribution in [3.8, 4) is 0 Å². The lowest BCUT2D eigenvalue weighted by molar-refractivity contribution is 0.331. The van der Waals surface area contributed by atoms with Crippen molar-refractivity contribution in [1.29, 1.82) is 0 Å². The van der Waals surface area contributed by atoms with E-state index in [2.05, 4.69) is 0 Å². The molecule has 1 heterocycles. The average Bonchev–Trinajstić information content (AvgIpc) is 1.79. The Balaban J connectivity index is 2.12. The van der Waals surface area contributed by atoms with Crippen molar-refractivity contribution in [2.75, 3.05) is 13.1 Å². The number of nitrogens with zero attached hydrogens (tertiary/aromatic N) is 1. The molecule has 0 amide bonds. The number of hydroxylamine groups is 2. The Kier molecular flexibility index (Phi) is 3.01. The molecule has 0 unspecified atom stereocenters. The van der Waals surface area contributed by atoms with Crippen LogP contribution in [0.25, 0.3) is 0 Å². The zero-order chi connectivity index (χ0) is 6.53. The van der Waals surface area contributed by atoms with Gasteiger partial charge in [-0.1, -0.05) is 19.3 Å². The molecule has 2 nitrogen and oxygen atoms in total. The monoisotopic (exact) mass is 128 g/mol. The van der Waals surface area contributed by atoms with Gasteiger partial charge in [-0.2, -0.15) is 0 Å². The van der Waals surface area contributed by atoms with Crippen LogP contribution in [0.3, 0.4) is 0 Å². The summed E-state index contributed by atoms with van der Waals surface area (Å²) in [5, 5.41) is 11.9. The number of hydrogen-bond acceptors (Lipinski definition) is 2. The third kappa shape index (κ3) is 2.82. The van der Waals surface area contributed by atoms with E-state index in [9.17, 15) is 5.21 Å². The fourth-order valence-corrected chi connectivity index (χ4v) is 1.22. The lowest BCUT2D eigenvalue weighted by Gasteiger charge is -2.29. The summed E-state index contributed by atoms with van der Waals surface area (Å²) in [7, 11) is 0. The average molecular weight is 128 g/mol. The first-order valence-corrected chi connectivity index (χ1v) is 3.82. The van der Waals surface area contributed by atoms with Crippen LogP contribution >= 0.6 is 0 Å². The topological polar surface area (TPSA) is 26.3 Å². The van der Waals surface area contributed by atoms with Gasteiger partial charge in [0.15, 0.2) is 0 Å². The van der Waals surface area contributed by atoms with Gasteiger partial charge in [0.1, 0.15) is 0 Å². The molecule has 1 saturated heterocycles. The Morgan fingerprint density at radius 2 is 1.22 bits per heavy atom. The fraction of sp³-hybridized carbons (Fsp3) is 1.00. The molecule has 9 heavy (non-hydrogen) atoms. The Labute approximate surface area is 56.4 Å². The zero-order valence-corrected chi connectivity index (χ0v) is 5.81. The van der Waals surface area contributed by atoms with E-state index in [0.29, 0.717) is 0 Å². The molecule has 0 aliphatic carbocycles. The molecule has 0 aromatic rings. The molecule has 0 aromatic heterocycles. The Hall–Kier alpha value is -0.0800. The van der Waals surface area contributed by atoms with E-state index in [0.717, 1.165) is 25.9 Å². The zero-order valence-electron chi connectivity index (χ0n) is 5.81. The summed E-state index contributed by atoms with van der Waals surface area (Å²) in [6.07, 6.45) is 6.03. The first-order chi connectivity index (χ1) is 4.39. The van der Waals surface area contributed by atoms with Crippen LogP contribution in [0.4, 0.5) is 0 Å². The first-order valence-electron chi connectivity index (χ1n) is 3.82. The van der Waals surface area contributed by atoms with Crippen molar-refractivity contribution in [2.45, 2.75) is 32.1 Å². The summed E-state index contributed by atoms with van der Waals surface area (Å²) < 4.78 is 0. The molecular weight excluding hydrogens is 114 g/mol. The molecule has 0 saturated carbocycles. The number of rotatable bonds is 0. The Bertz CT molecular complexity index is 67.3. The van der Waals surface area contributed by atoms with Crippen LogP contribution in [0.5, 0.6) is 0 Å². The van der Waals surface area contributed by atoms with Crippen LogP contribution in [0, 0.1) is 5.21 Å². The standard InChI is InChI=1S/C7H14NO/c9-8-6-4-2-1-3-5-7-8/h1-7H2/q-1. The highest BCUT2D eigenvalue weighted by Crippen LogP contribution is 2.08. The molecule has 2 heteroatoms. The van der Waals surface area contributed by atoms with E-state index in [1.54, 1.807) is 0 Å². The highest BCUT2D eigenvalue weighted by molar-refractivity contribution is 4.60. The highest BCUT2D eigenvalue weighted by Gasteiger charge is 1.97. The van der Waals surface area contributed by atoms with Crippen molar-refractivity contribution in [2.24, 2.45) is 0 Å². The fourth-order valence-electron chi connectivity index (χ4n) is 1.22. The van der Waals surface area contributed by atoms with Crippen LogP contribution in [0.1, 0.15) is 32.1 Å². The molecule has 0 atom stereocenters. The van der Waals surface area contributed by atoms with Gasteiger partial charge in [0.05, 0.1) is 0 Å². The van der Waals surface area contributed by atoms with Gasteiger partial charge in [-0.15, -0.1) is 0 Å². The van der Waals surface area contributed by atoms with Crippen molar-refractivity contribution in [3.63, 3.8) is 0 Å². The lowest BCUT2D eigenvalue weighted by atomic mass is 10.1. The summed E-state index contributed by atoms with van der Waals surface area (Å²) in [5.41, 5.74) is 0. The van der Waals surface area contributed by atoms with Gasteiger partial charge in [-0.3, -0.25) is 0 Å². The van der Waals surface area contributed by atoms with Crippen LogP contribution in [-0.2, 0) is 0 Å². The van der Waals surface area contributed by atoms with Gasteiger partial charge in [0.2, 0.25) is 0 Å². The lowest BCUT2D eigenvalue weighted by Crippen LogP contribution is -2.20. The maximum Gasteiger partial charge on any atom is -0.0145 e. The van der Waals surface area contributed by atoms with Crippen LogP contribution in [-0.4, -0.2) is 18.2 Å². The molecule has 54 valence electrons. The van der Waals surface area contributed by atoms with E-state index < -0.39 is 0 Å². The second-order valence-electron chi connectivity index (χ2n) is 2.70. The largest absolute Gasteiger partial charge is 0.785 e. The molecule has 0 bridgehead atoms. The molecule has 0 radical (unpaired) electrons. The van der Waals surface area contributed by atoms with Crippen molar-refractivity contribution >= 4 is 0 Å². The maximum absolute atomic E-state index is 10.8. The number of hydrogen-bond donors (Lipinski definition) is 0. The minimum absolute atomic E-state index is 0.764. The molecule has 0 N–H and O–H groups in total. The van der Waals surface area contributed by atoms with Crippen LogP contribution in [0.2, 0.25) is 0 Å². The molecule has 1 fully saturated rings. The molecule has 1 aliphatic rings. The third-order valence-electron chi connectivity index (χ3n) is 1.82. The van der Waals surface area contributed by atoms with Gasteiger partial charge in [-0.25, -0.2) is 0 Å². The van der Waals surface area contributed by atoms with Gasteiger partial charge >= 0.3 is 0 Å². The third-order valence-corrected chi connectivity index (χ3v) is 1.82. The molecular formula is C7H14NO-. The smallest absolute Gasteiger partial charge is 0.0145 e. The summed E-state index contributed by atoms with van der Waals surface area (Å²) in [6.45, 7) is 1.53. The SMILES string of the molecule is [O-]N1CCCCCCC1. The Morgan fingerprint density at radius 3 is 1.78 bits per heavy atom. The summed E-state index contributed by atoms with van der Waals surface area (Å²) in [6, 6.07) is 0. The summed E-state index contributed by atoms with van der Waals surface area (Å²) >= 11 is 0. The minimum Gasteiger partial charge on any atom is -0.785 e. The summed E-state index contributed by atoms with van der Waals surface area (Å²) in [4.78, 5) is 0. The van der Waals surface area contributed by atoms with E-state index in [-0.39, 0.29) is 0 Å². The second-order valence-corrected chi connectivity index (χ2v) is 2.70. The van der Waals surface area contributed by atoms with Crippen LogP contribution in [0.15, 0.2) is 0 Å². The maximum atomic E-state index is 10.8. The molecule has 0 spiro atoms. The molecule has 1 aliphatic heterocycles. The van der Waals surface area contributed by atoms with Crippen molar-refractivity contribution in [1.82, 2.24) is 5.06 Å². The van der Waals surface area contributed by atoms with E-state index in [1.165, 1.54) is 24.3 Å². The predicted octanol–water partition coefficient (Wildman–Crippen LogP) is 1.75. The normalized spacial score (nSPS) is 25.0. The molecule has 1 rings (SSSR count). The second kappa shape index (κ2) is 3.85. The van der Waals surface area contributed by atoms with Crippen LogP contribution < -0.4 is 0 Å². The van der Waals surface area contributed by atoms with E-state index in [4.69, 9.17) is 0 Å². The first kappa shape index (κ1) is 7.03. The highest BCUT2D eigenvalue weighted by atomic mass is 16.5. The van der Waals surface area contributed by atoms with E-state index >= 15 is 0 Å². The Morgan fingerprint density at radius 1 is 0.778 bits per heavy atom. The van der Waals surface area contributed by atoms with E-state index in [1.807, 2.05) is 0 Å². The van der Waals surface area contributed by atoms with Gasteiger partial charge in [0, 0.05) is 0 Å². The van der Waals surface area contributed by atoms with Gasteiger partial charge < -0.3 is 10.3 Å². The molecule has 0 aromatic carbocycles. The van der Waals surface area contributed by atoms with Crippen molar-refractivity contribution < 1.29 is 0 Å². The quantitative estimate of drug-likeness (QED) is 0.496.